The van der Waals surface area contributed by atoms with Crippen LogP contribution in [0.2, 0.25) is 0 Å². The summed E-state index contributed by atoms with van der Waals surface area (Å²) in [6.07, 6.45) is 2.21. The van der Waals surface area contributed by atoms with E-state index in [1.807, 2.05) is 18.7 Å². The minimum Gasteiger partial charge on any atom is -0.382 e. The van der Waals surface area contributed by atoms with Gasteiger partial charge < -0.3 is 16.0 Å². The number of nitrogens with one attached hydrogen (secondary N) is 1. The first-order valence-corrected chi connectivity index (χ1v) is 7.92. The number of hydrogen-bond donors (Lipinski definition) is 2. The molecule has 5 nitrogen and oxygen atoms in total. The van der Waals surface area contributed by atoms with E-state index in [1.165, 1.54) is 11.3 Å². The highest BCUT2D eigenvalue weighted by atomic mass is 32.1. The number of piperidine rings is 1. The molecule has 1 aliphatic rings. The summed E-state index contributed by atoms with van der Waals surface area (Å²) < 4.78 is 0. The molecule has 1 aromatic rings. The number of thiazole rings is 1. The lowest BCUT2D eigenvalue weighted by Crippen LogP contribution is -2.43. The maximum absolute atomic E-state index is 12.6. The molecule has 6 heteroatoms. The van der Waals surface area contributed by atoms with Gasteiger partial charge in [0.15, 0.2) is 5.13 Å². The molecule has 0 saturated carbocycles. The number of likely N-dealkylation sites (tertiary alicyclic amines) is 1. The van der Waals surface area contributed by atoms with Crippen LogP contribution in [0, 0.1) is 5.41 Å². The smallest absolute Gasteiger partial charge is 0.267 e. The van der Waals surface area contributed by atoms with Crippen LogP contribution in [0.4, 0.5) is 10.9 Å². The van der Waals surface area contributed by atoms with Gasteiger partial charge in [-0.2, -0.15) is 0 Å². The zero-order valence-electron chi connectivity index (χ0n) is 12.7. The molecule has 2 rings (SSSR count). The molecule has 0 aliphatic carbocycles. The molecule has 2 heterocycles. The largest absolute Gasteiger partial charge is 0.382 e. The second-order valence-corrected chi connectivity index (χ2v) is 7.53. The number of nitrogen functional groups attached to an aromatic ring is 1. The molecule has 3 N–H and O–H groups in total. The summed E-state index contributed by atoms with van der Waals surface area (Å²) in [5.41, 5.74) is 6.09. The van der Waals surface area contributed by atoms with Crippen molar-refractivity contribution in [3.63, 3.8) is 0 Å². The third-order valence-electron chi connectivity index (χ3n) is 3.45. The first-order valence-electron chi connectivity index (χ1n) is 7.10. The van der Waals surface area contributed by atoms with Crippen LogP contribution < -0.4 is 11.1 Å². The van der Waals surface area contributed by atoms with Gasteiger partial charge in [-0.15, -0.1) is 0 Å². The van der Waals surface area contributed by atoms with E-state index in [4.69, 9.17) is 5.73 Å². The van der Waals surface area contributed by atoms with Crippen molar-refractivity contribution in [3.8, 4) is 0 Å². The van der Waals surface area contributed by atoms with Gasteiger partial charge in [0.1, 0.15) is 10.7 Å². The van der Waals surface area contributed by atoms with Gasteiger partial charge in [-0.1, -0.05) is 25.2 Å². The lowest BCUT2D eigenvalue weighted by Gasteiger charge is -2.37. The molecule has 1 amide bonds. The number of aromatic nitrogens is 1. The maximum atomic E-state index is 12.6. The summed E-state index contributed by atoms with van der Waals surface area (Å²) in [5, 5.41) is 3.92. The molecule has 1 fully saturated rings. The van der Waals surface area contributed by atoms with Gasteiger partial charge in [-0.05, 0) is 32.1 Å². The fraction of sp³-hybridized carbons (Fsp3) is 0.714. The minimum atomic E-state index is 0.0181. The third-order valence-corrected chi connectivity index (χ3v) is 4.44. The van der Waals surface area contributed by atoms with E-state index in [0.29, 0.717) is 10.7 Å². The summed E-state index contributed by atoms with van der Waals surface area (Å²) in [4.78, 5) is 19.3. The molecule has 0 spiro atoms. The highest BCUT2D eigenvalue weighted by Crippen LogP contribution is 2.32. The molecule has 0 unspecified atom stereocenters. The lowest BCUT2D eigenvalue weighted by molar-refractivity contribution is 0.0589. The molecule has 1 aromatic heterocycles. The molecule has 0 bridgehead atoms. The Morgan fingerprint density at radius 1 is 1.50 bits per heavy atom. The van der Waals surface area contributed by atoms with Crippen molar-refractivity contribution in [1.82, 2.24) is 9.88 Å². The first kappa shape index (κ1) is 15.1. The molecule has 20 heavy (non-hydrogen) atoms. The van der Waals surface area contributed by atoms with Crippen molar-refractivity contribution in [2.75, 3.05) is 24.1 Å². The van der Waals surface area contributed by atoms with E-state index in [2.05, 4.69) is 24.1 Å². The SMILES string of the molecule is CC(C)Nc1nc(N)c(C(=O)N2CCCC(C)(C)C2)s1. The summed E-state index contributed by atoms with van der Waals surface area (Å²) in [6, 6.07) is 0.275. The number of rotatable bonds is 3. The Labute approximate surface area is 124 Å². The van der Waals surface area contributed by atoms with E-state index < -0.39 is 0 Å². The fourth-order valence-corrected chi connectivity index (χ4v) is 3.53. The molecule has 1 aliphatic heterocycles. The van der Waals surface area contributed by atoms with E-state index >= 15 is 0 Å². The summed E-state index contributed by atoms with van der Waals surface area (Å²) in [6.45, 7) is 10.1. The van der Waals surface area contributed by atoms with Crippen LogP contribution in [0.25, 0.3) is 0 Å². The van der Waals surface area contributed by atoms with Crippen molar-refractivity contribution >= 4 is 28.2 Å². The summed E-state index contributed by atoms with van der Waals surface area (Å²) in [5.74, 6) is 0.358. The molecule has 0 atom stereocenters. The topological polar surface area (TPSA) is 71.2 Å². The van der Waals surface area contributed by atoms with Gasteiger partial charge in [0.25, 0.3) is 5.91 Å². The van der Waals surface area contributed by atoms with Crippen molar-refractivity contribution in [2.24, 2.45) is 5.41 Å². The molecule has 112 valence electrons. The van der Waals surface area contributed by atoms with Crippen molar-refractivity contribution in [1.29, 1.82) is 0 Å². The van der Waals surface area contributed by atoms with Crippen molar-refractivity contribution in [3.05, 3.63) is 4.88 Å². The second-order valence-electron chi connectivity index (χ2n) is 6.53. The molecular weight excluding hydrogens is 272 g/mol. The van der Waals surface area contributed by atoms with E-state index in [9.17, 15) is 4.79 Å². The Morgan fingerprint density at radius 3 is 2.80 bits per heavy atom. The molecule has 1 saturated heterocycles. The molecule has 0 aromatic carbocycles. The third kappa shape index (κ3) is 3.42. The normalized spacial score (nSPS) is 18.4. The first-order chi connectivity index (χ1) is 9.28. The number of amides is 1. The Balaban J connectivity index is 2.14. The number of nitrogens with two attached hydrogens (primary N) is 1. The summed E-state index contributed by atoms with van der Waals surface area (Å²) >= 11 is 1.35. The van der Waals surface area contributed by atoms with Gasteiger partial charge >= 0.3 is 0 Å². The maximum Gasteiger partial charge on any atom is 0.267 e. The van der Waals surface area contributed by atoms with Crippen LogP contribution >= 0.6 is 11.3 Å². The van der Waals surface area contributed by atoms with Crippen LogP contribution in [0.5, 0.6) is 0 Å². The predicted molar refractivity (Wildman–Crippen MR) is 84.2 cm³/mol. The quantitative estimate of drug-likeness (QED) is 0.899. The number of nitrogens with zero attached hydrogens (tertiary/aromatic N) is 2. The highest BCUT2D eigenvalue weighted by molar-refractivity contribution is 7.18. The van der Waals surface area contributed by atoms with Crippen LogP contribution in [0.3, 0.4) is 0 Å². The predicted octanol–water partition coefficient (Wildman–Crippen LogP) is 2.81. The zero-order chi connectivity index (χ0) is 14.9. The monoisotopic (exact) mass is 296 g/mol. The number of hydrogen-bond acceptors (Lipinski definition) is 5. The second kappa shape index (κ2) is 5.60. The van der Waals surface area contributed by atoms with Crippen molar-refractivity contribution < 1.29 is 4.79 Å². The van der Waals surface area contributed by atoms with Crippen molar-refractivity contribution in [2.45, 2.75) is 46.6 Å². The van der Waals surface area contributed by atoms with Gasteiger partial charge in [0.2, 0.25) is 0 Å². The Morgan fingerprint density at radius 2 is 2.20 bits per heavy atom. The van der Waals surface area contributed by atoms with Gasteiger partial charge in [-0.25, -0.2) is 4.98 Å². The fourth-order valence-electron chi connectivity index (χ4n) is 2.53. The molecule has 0 radical (unpaired) electrons. The van der Waals surface area contributed by atoms with E-state index in [1.54, 1.807) is 0 Å². The van der Waals surface area contributed by atoms with Crippen LogP contribution in [-0.4, -0.2) is 34.9 Å². The number of carbonyl (C=O) groups is 1. The average molecular weight is 296 g/mol. The van der Waals surface area contributed by atoms with E-state index in [-0.39, 0.29) is 17.4 Å². The zero-order valence-corrected chi connectivity index (χ0v) is 13.5. The lowest BCUT2D eigenvalue weighted by atomic mass is 9.84. The number of carbonyl (C=O) groups excluding carboxylic acids is 1. The standard InChI is InChI=1S/C14H24N4OS/c1-9(2)16-13-17-11(15)10(20-13)12(19)18-7-5-6-14(3,4)8-18/h9H,5-8,15H2,1-4H3,(H,16,17). The number of anilines is 2. The van der Waals surface area contributed by atoms with E-state index in [0.717, 1.165) is 31.1 Å². The van der Waals surface area contributed by atoms with Gasteiger partial charge in [0, 0.05) is 19.1 Å². The Hall–Kier alpha value is -1.30. The van der Waals surface area contributed by atoms with Crippen LogP contribution in [0.1, 0.15) is 50.2 Å². The van der Waals surface area contributed by atoms with Crippen LogP contribution in [-0.2, 0) is 0 Å². The highest BCUT2D eigenvalue weighted by Gasteiger charge is 2.31. The van der Waals surface area contributed by atoms with Gasteiger partial charge in [0.05, 0.1) is 0 Å². The average Bonchev–Trinajstić information content (AvgIpc) is 2.67. The Bertz CT molecular complexity index is 495. The molecular formula is C14H24N4OS. The Kier molecular flexibility index (Phi) is 4.22. The summed E-state index contributed by atoms with van der Waals surface area (Å²) in [7, 11) is 0. The van der Waals surface area contributed by atoms with Gasteiger partial charge in [-0.3, -0.25) is 4.79 Å². The van der Waals surface area contributed by atoms with Crippen LogP contribution in [0.15, 0.2) is 0 Å². The minimum absolute atomic E-state index is 0.0181.